The fourth-order valence-corrected chi connectivity index (χ4v) is 3.44. The molecule has 4 heterocycles. The van der Waals surface area contributed by atoms with Gasteiger partial charge in [-0.05, 0) is 43.5 Å². The first kappa shape index (κ1) is 13.0. The standard InChI is InChI=1S/C16H19N3O2/c1-2-13(20-7-1)9-19-6-4-12-8-15(21-16(12)10-19)14-3-5-17-11-18-14/h1-3,5,7,11-12,15-16H,4,6,8-10H2/t12-,15-,16+/m1/s1. The average Bonchev–Trinajstić information content (AvgIpc) is 3.17. The minimum absolute atomic E-state index is 0.131. The third-order valence-electron chi connectivity index (χ3n) is 4.53. The fraction of sp³-hybridized carbons (Fsp3) is 0.500. The molecule has 2 aliphatic heterocycles. The second-order valence-corrected chi connectivity index (χ2v) is 5.90. The summed E-state index contributed by atoms with van der Waals surface area (Å²) in [4.78, 5) is 10.7. The molecular weight excluding hydrogens is 266 g/mol. The van der Waals surface area contributed by atoms with Gasteiger partial charge in [0.25, 0.3) is 0 Å². The maximum absolute atomic E-state index is 6.24. The normalized spacial score (nSPS) is 29.4. The summed E-state index contributed by atoms with van der Waals surface area (Å²) in [6, 6.07) is 5.94. The number of ether oxygens (including phenoxy) is 1. The zero-order chi connectivity index (χ0) is 14.1. The largest absolute Gasteiger partial charge is 0.468 e. The highest BCUT2D eigenvalue weighted by atomic mass is 16.5. The SMILES string of the molecule is c1coc(CN2CC[C@@H]3C[C@H](c4ccncn4)O[C@H]3C2)c1. The molecule has 2 saturated heterocycles. The minimum Gasteiger partial charge on any atom is -0.468 e. The number of likely N-dealkylation sites (tertiary alicyclic amines) is 1. The van der Waals surface area contributed by atoms with Crippen LogP contribution < -0.4 is 0 Å². The summed E-state index contributed by atoms with van der Waals surface area (Å²) in [7, 11) is 0. The maximum atomic E-state index is 6.24. The Hall–Kier alpha value is -1.72. The Bertz CT molecular complexity index is 572. The zero-order valence-corrected chi connectivity index (χ0v) is 11.9. The smallest absolute Gasteiger partial charge is 0.117 e. The molecule has 5 heteroatoms. The molecule has 0 N–H and O–H groups in total. The lowest BCUT2D eigenvalue weighted by Crippen LogP contribution is -2.41. The maximum Gasteiger partial charge on any atom is 0.117 e. The van der Waals surface area contributed by atoms with Crippen molar-refractivity contribution in [3.63, 3.8) is 0 Å². The van der Waals surface area contributed by atoms with Crippen molar-refractivity contribution in [2.45, 2.75) is 31.6 Å². The highest BCUT2D eigenvalue weighted by Crippen LogP contribution is 2.40. The zero-order valence-electron chi connectivity index (χ0n) is 11.9. The predicted octanol–water partition coefficient (Wildman–Crippen LogP) is 2.42. The van der Waals surface area contributed by atoms with Crippen LogP contribution in [0.1, 0.15) is 30.4 Å². The Morgan fingerprint density at radius 2 is 2.33 bits per heavy atom. The van der Waals surface area contributed by atoms with Crippen LogP contribution in [0.2, 0.25) is 0 Å². The molecular formula is C16H19N3O2. The molecule has 3 atom stereocenters. The molecule has 0 aromatic carbocycles. The van der Waals surface area contributed by atoms with Crippen LogP contribution in [0.4, 0.5) is 0 Å². The lowest BCUT2D eigenvalue weighted by Gasteiger charge is -2.33. The van der Waals surface area contributed by atoms with E-state index in [1.165, 1.54) is 6.42 Å². The van der Waals surface area contributed by atoms with E-state index in [2.05, 4.69) is 14.9 Å². The third kappa shape index (κ3) is 2.71. The van der Waals surface area contributed by atoms with E-state index in [1.54, 1.807) is 18.8 Å². The molecule has 0 aliphatic carbocycles. The molecule has 0 unspecified atom stereocenters. The van der Waals surface area contributed by atoms with E-state index in [9.17, 15) is 0 Å². The van der Waals surface area contributed by atoms with Crippen molar-refractivity contribution in [1.29, 1.82) is 0 Å². The van der Waals surface area contributed by atoms with Crippen molar-refractivity contribution in [3.05, 3.63) is 48.4 Å². The summed E-state index contributed by atoms with van der Waals surface area (Å²) in [5, 5.41) is 0. The van der Waals surface area contributed by atoms with E-state index >= 15 is 0 Å². The first-order valence-corrected chi connectivity index (χ1v) is 7.54. The molecule has 0 radical (unpaired) electrons. The van der Waals surface area contributed by atoms with Gasteiger partial charge < -0.3 is 9.15 Å². The number of furan rings is 1. The summed E-state index contributed by atoms with van der Waals surface area (Å²) in [6.07, 6.45) is 7.84. The van der Waals surface area contributed by atoms with Crippen LogP contribution in [-0.4, -0.2) is 34.1 Å². The molecule has 2 fully saturated rings. The molecule has 2 aliphatic rings. The number of hydrogen-bond donors (Lipinski definition) is 0. The van der Waals surface area contributed by atoms with Gasteiger partial charge in [0.2, 0.25) is 0 Å². The van der Waals surface area contributed by atoms with Gasteiger partial charge in [-0.25, -0.2) is 9.97 Å². The van der Waals surface area contributed by atoms with Crippen LogP contribution in [0.3, 0.4) is 0 Å². The number of nitrogens with zero attached hydrogens (tertiary/aromatic N) is 3. The van der Waals surface area contributed by atoms with Gasteiger partial charge in [-0.15, -0.1) is 0 Å². The van der Waals surface area contributed by atoms with Gasteiger partial charge in [-0.1, -0.05) is 0 Å². The molecule has 0 spiro atoms. The van der Waals surface area contributed by atoms with Crippen LogP contribution in [0.15, 0.2) is 41.4 Å². The van der Waals surface area contributed by atoms with Crippen molar-refractivity contribution in [2.75, 3.05) is 13.1 Å². The van der Waals surface area contributed by atoms with Crippen LogP contribution >= 0.6 is 0 Å². The van der Waals surface area contributed by atoms with Gasteiger partial charge in [-0.2, -0.15) is 0 Å². The molecule has 2 aromatic rings. The highest BCUT2D eigenvalue weighted by Gasteiger charge is 2.40. The highest BCUT2D eigenvalue weighted by molar-refractivity contribution is 5.06. The fourth-order valence-electron chi connectivity index (χ4n) is 3.44. The Morgan fingerprint density at radius 1 is 1.33 bits per heavy atom. The molecule has 5 nitrogen and oxygen atoms in total. The summed E-state index contributed by atoms with van der Waals surface area (Å²) in [6.45, 7) is 2.96. The summed E-state index contributed by atoms with van der Waals surface area (Å²) >= 11 is 0. The second kappa shape index (κ2) is 5.58. The van der Waals surface area contributed by atoms with E-state index in [0.717, 1.165) is 37.5 Å². The predicted molar refractivity (Wildman–Crippen MR) is 76.4 cm³/mol. The Kier molecular flexibility index (Phi) is 3.45. The minimum atomic E-state index is 0.131. The molecule has 4 rings (SSSR count). The van der Waals surface area contributed by atoms with Gasteiger partial charge in [-0.3, -0.25) is 4.90 Å². The Morgan fingerprint density at radius 3 is 3.14 bits per heavy atom. The summed E-state index contributed by atoms with van der Waals surface area (Å²) in [5.74, 6) is 1.68. The van der Waals surface area contributed by atoms with Crippen LogP contribution in [0, 0.1) is 5.92 Å². The van der Waals surface area contributed by atoms with E-state index in [0.29, 0.717) is 12.0 Å². The third-order valence-corrected chi connectivity index (χ3v) is 4.53. The Labute approximate surface area is 124 Å². The first-order chi connectivity index (χ1) is 10.4. The monoisotopic (exact) mass is 285 g/mol. The quantitative estimate of drug-likeness (QED) is 0.867. The lowest BCUT2D eigenvalue weighted by atomic mass is 9.91. The van der Waals surface area contributed by atoms with Crippen LogP contribution in [-0.2, 0) is 11.3 Å². The average molecular weight is 285 g/mol. The lowest BCUT2D eigenvalue weighted by molar-refractivity contribution is -0.0120. The number of rotatable bonds is 3. The van der Waals surface area contributed by atoms with Crippen LogP contribution in [0.25, 0.3) is 0 Å². The number of hydrogen-bond acceptors (Lipinski definition) is 5. The van der Waals surface area contributed by atoms with Gasteiger partial charge in [0.1, 0.15) is 18.2 Å². The Balaban J connectivity index is 1.40. The number of aromatic nitrogens is 2. The summed E-state index contributed by atoms with van der Waals surface area (Å²) in [5.41, 5.74) is 1.01. The van der Waals surface area contributed by atoms with Crippen LogP contribution in [0.5, 0.6) is 0 Å². The van der Waals surface area contributed by atoms with Crippen molar-refractivity contribution < 1.29 is 9.15 Å². The molecule has 0 saturated carbocycles. The van der Waals surface area contributed by atoms with Crippen molar-refractivity contribution in [1.82, 2.24) is 14.9 Å². The van der Waals surface area contributed by atoms with Gasteiger partial charge >= 0.3 is 0 Å². The van der Waals surface area contributed by atoms with Crippen molar-refractivity contribution >= 4 is 0 Å². The molecule has 2 aromatic heterocycles. The molecule has 0 bridgehead atoms. The van der Waals surface area contributed by atoms with E-state index < -0.39 is 0 Å². The summed E-state index contributed by atoms with van der Waals surface area (Å²) < 4.78 is 11.7. The van der Waals surface area contributed by atoms with Crippen molar-refractivity contribution in [2.24, 2.45) is 5.92 Å². The number of piperidine rings is 1. The van der Waals surface area contributed by atoms with Gasteiger partial charge in [0.05, 0.1) is 24.6 Å². The second-order valence-electron chi connectivity index (χ2n) is 5.90. The number of fused-ring (bicyclic) bond motifs is 1. The van der Waals surface area contributed by atoms with E-state index in [4.69, 9.17) is 9.15 Å². The molecule has 110 valence electrons. The molecule has 0 amide bonds. The van der Waals surface area contributed by atoms with E-state index in [-0.39, 0.29) is 6.10 Å². The van der Waals surface area contributed by atoms with E-state index in [1.807, 2.05) is 18.2 Å². The first-order valence-electron chi connectivity index (χ1n) is 7.54. The van der Waals surface area contributed by atoms with Gasteiger partial charge in [0.15, 0.2) is 0 Å². The topological polar surface area (TPSA) is 51.4 Å². The van der Waals surface area contributed by atoms with Gasteiger partial charge in [0, 0.05) is 12.7 Å². The van der Waals surface area contributed by atoms with Crippen molar-refractivity contribution in [3.8, 4) is 0 Å². The molecule has 21 heavy (non-hydrogen) atoms.